The molecule has 2 aliphatic rings. The van der Waals surface area contributed by atoms with Crippen LogP contribution in [0.3, 0.4) is 0 Å². The summed E-state index contributed by atoms with van der Waals surface area (Å²) >= 11 is 7.63. The highest BCUT2D eigenvalue weighted by atomic mass is 35.5. The SMILES string of the molecule is O=C1CC(CCl)CN1Cc1nc2c(s1)CCCC2. The molecule has 0 spiro atoms. The number of thiazole rings is 1. The van der Waals surface area contributed by atoms with Crippen LogP contribution < -0.4 is 0 Å². The van der Waals surface area contributed by atoms with Gasteiger partial charge in [-0.3, -0.25) is 4.79 Å². The zero-order valence-electron chi connectivity index (χ0n) is 10.3. The molecule has 18 heavy (non-hydrogen) atoms. The van der Waals surface area contributed by atoms with Crippen molar-refractivity contribution < 1.29 is 4.79 Å². The Morgan fingerprint density at radius 3 is 2.94 bits per heavy atom. The third-order valence-electron chi connectivity index (χ3n) is 3.73. The van der Waals surface area contributed by atoms with Crippen molar-refractivity contribution in [2.75, 3.05) is 12.4 Å². The van der Waals surface area contributed by atoms with Gasteiger partial charge in [-0.25, -0.2) is 4.98 Å². The number of carbonyl (C=O) groups is 1. The summed E-state index contributed by atoms with van der Waals surface area (Å²) in [4.78, 5) is 19.9. The first-order valence-electron chi connectivity index (χ1n) is 6.57. The van der Waals surface area contributed by atoms with E-state index in [2.05, 4.69) is 0 Å². The van der Waals surface area contributed by atoms with Gasteiger partial charge in [0.25, 0.3) is 0 Å². The van der Waals surface area contributed by atoms with Crippen molar-refractivity contribution in [3.8, 4) is 0 Å². The third kappa shape index (κ3) is 2.41. The molecule has 0 aromatic carbocycles. The lowest BCUT2D eigenvalue weighted by Crippen LogP contribution is -2.24. The second-order valence-corrected chi connectivity index (χ2v) is 6.66. The molecule has 1 aromatic heterocycles. The van der Waals surface area contributed by atoms with Gasteiger partial charge >= 0.3 is 0 Å². The lowest BCUT2D eigenvalue weighted by atomic mass is 10.0. The number of fused-ring (bicyclic) bond motifs is 1. The van der Waals surface area contributed by atoms with E-state index in [4.69, 9.17) is 16.6 Å². The molecule has 1 saturated heterocycles. The van der Waals surface area contributed by atoms with Gasteiger partial charge in [-0.15, -0.1) is 22.9 Å². The normalized spacial score (nSPS) is 23.5. The quantitative estimate of drug-likeness (QED) is 0.800. The predicted octanol–water partition coefficient (Wildman–Crippen LogP) is 2.61. The van der Waals surface area contributed by atoms with Crippen molar-refractivity contribution >= 4 is 28.8 Å². The first-order chi connectivity index (χ1) is 8.76. The Hall–Kier alpha value is -0.610. The molecular formula is C13H17ClN2OS. The maximum absolute atomic E-state index is 11.8. The molecule has 1 aliphatic heterocycles. The Morgan fingerprint density at radius 1 is 1.39 bits per heavy atom. The summed E-state index contributed by atoms with van der Waals surface area (Å²) < 4.78 is 0. The number of aryl methyl sites for hydroxylation is 2. The molecule has 1 aromatic rings. The number of alkyl halides is 1. The van der Waals surface area contributed by atoms with Crippen molar-refractivity contribution in [1.29, 1.82) is 0 Å². The number of hydrogen-bond acceptors (Lipinski definition) is 3. The summed E-state index contributed by atoms with van der Waals surface area (Å²) in [6, 6.07) is 0. The van der Waals surface area contributed by atoms with Gasteiger partial charge in [-0.2, -0.15) is 0 Å². The first-order valence-corrected chi connectivity index (χ1v) is 7.92. The van der Waals surface area contributed by atoms with E-state index < -0.39 is 0 Å². The minimum atomic E-state index is 0.230. The number of rotatable bonds is 3. The Balaban J connectivity index is 1.69. The van der Waals surface area contributed by atoms with Gasteiger partial charge in [0.15, 0.2) is 0 Å². The maximum atomic E-state index is 11.8. The van der Waals surface area contributed by atoms with Gasteiger partial charge in [0.05, 0.1) is 12.2 Å². The summed E-state index contributed by atoms with van der Waals surface area (Å²) in [5.74, 6) is 1.14. The summed E-state index contributed by atoms with van der Waals surface area (Å²) in [6.07, 6.45) is 5.43. The summed E-state index contributed by atoms with van der Waals surface area (Å²) in [5, 5.41) is 1.10. The molecule has 0 N–H and O–H groups in total. The molecule has 1 amide bonds. The van der Waals surface area contributed by atoms with Crippen LogP contribution in [0.15, 0.2) is 0 Å². The molecule has 2 heterocycles. The lowest BCUT2D eigenvalue weighted by molar-refractivity contribution is -0.128. The molecule has 0 radical (unpaired) electrons. The van der Waals surface area contributed by atoms with Crippen molar-refractivity contribution in [1.82, 2.24) is 9.88 Å². The molecule has 5 heteroatoms. The molecule has 1 unspecified atom stereocenters. The van der Waals surface area contributed by atoms with Gasteiger partial charge in [0, 0.05) is 23.7 Å². The Morgan fingerprint density at radius 2 is 2.22 bits per heavy atom. The summed E-state index contributed by atoms with van der Waals surface area (Å²) in [5.41, 5.74) is 1.28. The zero-order chi connectivity index (χ0) is 12.5. The van der Waals surface area contributed by atoms with Crippen LogP contribution in [0, 0.1) is 5.92 Å². The summed E-state index contributed by atoms with van der Waals surface area (Å²) in [6.45, 7) is 1.48. The van der Waals surface area contributed by atoms with E-state index in [0.717, 1.165) is 18.0 Å². The molecule has 98 valence electrons. The molecule has 0 saturated carbocycles. The third-order valence-corrected chi connectivity index (χ3v) is 5.31. The van der Waals surface area contributed by atoms with Gasteiger partial charge in [0.2, 0.25) is 5.91 Å². The number of halogens is 1. The van der Waals surface area contributed by atoms with E-state index in [0.29, 0.717) is 24.8 Å². The Kier molecular flexibility index (Phi) is 3.57. The van der Waals surface area contributed by atoms with Gasteiger partial charge in [-0.1, -0.05) is 0 Å². The summed E-state index contributed by atoms with van der Waals surface area (Å²) in [7, 11) is 0. The first kappa shape index (κ1) is 12.4. The van der Waals surface area contributed by atoms with Crippen LogP contribution >= 0.6 is 22.9 Å². The number of hydrogen-bond donors (Lipinski definition) is 0. The monoisotopic (exact) mass is 284 g/mol. The van der Waals surface area contributed by atoms with Gasteiger partial charge in [0.1, 0.15) is 5.01 Å². The van der Waals surface area contributed by atoms with E-state index in [1.54, 1.807) is 11.3 Å². The average molecular weight is 285 g/mol. The molecule has 3 rings (SSSR count). The molecule has 1 atom stereocenters. The van der Waals surface area contributed by atoms with Crippen LogP contribution in [0.5, 0.6) is 0 Å². The van der Waals surface area contributed by atoms with E-state index >= 15 is 0 Å². The average Bonchev–Trinajstić information content (AvgIpc) is 2.93. The highest BCUT2D eigenvalue weighted by molar-refractivity contribution is 7.11. The Bertz CT molecular complexity index is 436. The number of nitrogens with zero attached hydrogens (tertiary/aromatic N) is 2. The maximum Gasteiger partial charge on any atom is 0.223 e. The van der Waals surface area contributed by atoms with Crippen LogP contribution in [-0.2, 0) is 24.2 Å². The molecule has 3 nitrogen and oxygen atoms in total. The van der Waals surface area contributed by atoms with Gasteiger partial charge < -0.3 is 4.90 Å². The smallest absolute Gasteiger partial charge is 0.223 e. The van der Waals surface area contributed by atoms with E-state index in [-0.39, 0.29) is 5.91 Å². The van der Waals surface area contributed by atoms with Gasteiger partial charge in [-0.05, 0) is 31.6 Å². The minimum Gasteiger partial charge on any atom is -0.336 e. The fraction of sp³-hybridized carbons (Fsp3) is 0.692. The van der Waals surface area contributed by atoms with E-state index in [1.807, 2.05) is 4.90 Å². The number of amides is 1. The number of carbonyl (C=O) groups excluding carboxylic acids is 1. The predicted molar refractivity (Wildman–Crippen MR) is 73.0 cm³/mol. The van der Waals surface area contributed by atoms with Crippen molar-refractivity contribution in [3.05, 3.63) is 15.6 Å². The van der Waals surface area contributed by atoms with Crippen molar-refractivity contribution in [3.63, 3.8) is 0 Å². The zero-order valence-corrected chi connectivity index (χ0v) is 11.9. The number of aromatic nitrogens is 1. The van der Waals surface area contributed by atoms with E-state index in [1.165, 1.54) is 29.8 Å². The highest BCUT2D eigenvalue weighted by Crippen LogP contribution is 2.29. The van der Waals surface area contributed by atoms with Crippen LogP contribution in [0.25, 0.3) is 0 Å². The van der Waals surface area contributed by atoms with Crippen LogP contribution in [0.1, 0.15) is 34.8 Å². The van der Waals surface area contributed by atoms with Crippen LogP contribution in [0.4, 0.5) is 0 Å². The molecule has 1 fully saturated rings. The topological polar surface area (TPSA) is 33.2 Å². The fourth-order valence-corrected chi connectivity index (χ4v) is 4.13. The van der Waals surface area contributed by atoms with Crippen LogP contribution in [-0.4, -0.2) is 28.2 Å². The van der Waals surface area contributed by atoms with E-state index in [9.17, 15) is 4.79 Å². The van der Waals surface area contributed by atoms with Crippen molar-refractivity contribution in [2.45, 2.75) is 38.6 Å². The lowest BCUT2D eigenvalue weighted by Gasteiger charge is -2.14. The second kappa shape index (κ2) is 5.17. The Labute approximate surface area is 116 Å². The fourth-order valence-electron chi connectivity index (χ4n) is 2.75. The van der Waals surface area contributed by atoms with Crippen LogP contribution in [0.2, 0.25) is 0 Å². The standard InChI is InChI=1S/C13H17ClN2OS/c14-6-9-5-13(17)16(7-9)8-12-15-10-3-1-2-4-11(10)18-12/h9H,1-8H2. The minimum absolute atomic E-state index is 0.230. The largest absolute Gasteiger partial charge is 0.336 e. The second-order valence-electron chi connectivity index (χ2n) is 5.18. The molecule has 1 aliphatic carbocycles. The highest BCUT2D eigenvalue weighted by Gasteiger charge is 2.29. The molecular weight excluding hydrogens is 268 g/mol. The number of likely N-dealkylation sites (tertiary alicyclic amines) is 1. The van der Waals surface area contributed by atoms with Crippen molar-refractivity contribution in [2.24, 2.45) is 5.92 Å². The molecule has 0 bridgehead atoms.